The third-order valence-corrected chi connectivity index (χ3v) is 1.76. The molecule has 0 aliphatic rings. The molecule has 0 fully saturated rings. The Morgan fingerprint density at radius 1 is 1.33 bits per heavy atom. The second kappa shape index (κ2) is 2.17. The molecular weight excluding hydrogens is 154 g/mol. The molecule has 12 heavy (non-hydrogen) atoms. The van der Waals surface area contributed by atoms with Crippen LogP contribution >= 0.6 is 0 Å². The van der Waals surface area contributed by atoms with Gasteiger partial charge in [0.2, 0.25) is 0 Å². The molecule has 0 spiro atoms. The zero-order valence-electron chi connectivity index (χ0n) is 6.94. The number of fused-ring (bicyclic) bond motifs is 1. The summed E-state index contributed by atoms with van der Waals surface area (Å²) < 4.78 is 0. The monoisotopic (exact) mass is 163 g/mol. The number of rotatable bonds is 0. The van der Waals surface area contributed by atoms with E-state index in [0.29, 0.717) is 11.5 Å². The Bertz CT molecular complexity index is 431. The van der Waals surface area contributed by atoms with E-state index < -0.39 is 0 Å². The van der Waals surface area contributed by atoms with Gasteiger partial charge in [0.05, 0.1) is 17.3 Å². The van der Waals surface area contributed by atoms with Crippen LogP contribution < -0.4 is 5.84 Å². The number of aryl methyl sites for hydroxylation is 2. The van der Waals surface area contributed by atoms with E-state index in [1.807, 2.05) is 13.8 Å². The third-order valence-electron chi connectivity index (χ3n) is 1.76. The fraction of sp³-hybridized carbons (Fsp3) is 0.286. The van der Waals surface area contributed by atoms with Crippen molar-refractivity contribution in [3.63, 3.8) is 0 Å². The van der Waals surface area contributed by atoms with Gasteiger partial charge in [-0.2, -0.15) is 9.89 Å². The van der Waals surface area contributed by atoms with Gasteiger partial charge in [-0.15, -0.1) is 0 Å². The van der Waals surface area contributed by atoms with Crippen molar-refractivity contribution in [1.82, 2.24) is 19.9 Å². The maximum atomic E-state index is 5.53. The SMILES string of the molecule is Cc1nc(C)c2cnn(N)c2n1. The van der Waals surface area contributed by atoms with Crippen LogP contribution in [-0.4, -0.2) is 19.9 Å². The van der Waals surface area contributed by atoms with Crippen molar-refractivity contribution >= 4 is 11.0 Å². The molecule has 0 unspecified atom stereocenters. The molecule has 2 N–H and O–H groups in total. The molecule has 2 aromatic rings. The Kier molecular flexibility index (Phi) is 1.27. The Hall–Kier alpha value is -1.65. The molecule has 0 saturated carbocycles. The highest BCUT2D eigenvalue weighted by atomic mass is 15.5. The van der Waals surface area contributed by atoms with E-state index in [1.165, 1.54) is 4.79 Å². The second-order valence-electron chi connectivity index (χ2n) is 2.68. The van der Waals surface area contributed by atoms with Gasteiger partial charge >= 0.3 is 0 Å². The summed E-state index contributed by atoms with van der Waals surface area (Å²) in [5.41, 5.74) is 1.59. The summed E-state index contributed by atoms with van der Waals surface area (Å²) in [5, 5.41) is 4.80. The summed E-state index contributed by atoms with van der Waals surface area (Å²) in [4.78, 5) is 9.62. The van der Waals surface area contributed by atoms with E-state index >= 15 is 0 Å². The van der Waals surface area contributed by atoms with Crippen LogP contribution in [0, 0.1) is 13.8 Å². The number of hydrogen-bond donors (Lipinski definition) is 1. The summed E-state index contributed by atoms with van der Waals surface area (Å²) in [7, 11) is 0. The summed E-state index contributed by atoms with van der Waals surface area (Å²) >= 11 is 0. The van der Waals surface area contributed by atoms with Crippen molar-refractivity contribution in [1.29, 1.82) is 0 Å². The van der Waals surface area contributed by atoms with Crippen molar-refractivity contribution in [2.24, 2.45) is 0 Å². The lowest BCUT2D eigenvalue weighted by Crippen LogP contribution is -2.10. The van der Waals surface area contributed by atoms with Crippen molar-refractivity contribution < 1.29 is 0 Å². The minimum atomic E-state index is 0.681. The van der Waals surface area contributed by atoms with Gasteiger partial charge in [0.1, 0.15) is 5.82 Å². The predicted octanol–water partition coefficient (Wildman–Crippen LogP) is 0.157. The molecule has 2 rings (SSSR count). The minimum Gasteiger partial charge on any atom is -0.321 e. The van der Waals surface area contributed by atoms with Gasteiger partial charge in [-0.3, -0.25) is 0 Å². The average Bonchev–Trinajstić information content (AvgIpc) is 2.33. The van der Waals surface area contributed by atoms with Crippen LogP contribution in [0.15, 0.2) is 6.20 Å². The van der Waals surface area contributed by atoms with Crippen molar-refractivity contribution in [3.05, 3.63) is 17.7 Å². The number of hydrogen-bond acceptors (Lipinski definition) is 4. The molecular formula is C7H9N5. The van der Waals surface area contributed by atoms with Crippen LogP contribution in [0.4, 0.5) is 0 Å². The Labute approximate surface area is 69.2 Å². The van der Waals surface area contributed by atoms with Crippen LogP contribution in [-0.2, 0) is 0 Å². The van der Waals surface area contributed by atoms with Crippen LogP contribution in [0.2, 0.25) is 0 Å². The third kappa shape index (κ3) is 0.827. The summed E-state index contributed by atoms with van der Waals surface area (Å²) in [5.74, 6) is 6.24. The first-order valence-corrected chi connectivity index (χ1v) is 3.62. The van der Waals surface area contributed by atoms with Crippen LogP contribution in [0.3, 0.4) is 0 Å². The van der Waals surface area contributed by atoms with Crippen LogP contribution in [0.25, 0.3) is 11.0 Å². The van der Waals surface area contributed by atoms with Crippen molar-refractivity contribution in [3.8, 4) is 0 Å². The maximum absolute atomic E-state index is 5.53. The fourth-order valence-corrected chi connectivity index (χ4v) is 1.20. The molecule has 5 heteroatoms. The number of aromatic nitrogens is 4. The Morgan fingerprint density at radius 3 is 2.83 bits per heavy atom. The lowest BCUT2D eigenvalue weighted by molar-refractivity contribution is 0.844. The van der Waals surface area contributed by atoms with Gasteiger partial charge < -0.3 is 5.84 Å². The summed E-state index contributed by atoms with van der Waals surface area (Å²) in [6, 6.07) is 0. The molecule has 62 valence electrons. The lowest BCUT2D eigenvalue weighted by Gasteiger charge is -1.97. The molecule has 0 aliphatic heterocycles. The second-order valence-corrected chi connectivity index (χ2v) is 2.68. The van der Waals surface area contributed by atoms with E-state index in [4.69, 9.17) is 5.84 Å². The number of nitrogens with zero attached hydrogens (tertiary/aromatic N) is 4. The van der Waals surface area contributed by atoms with Gasteiger partial charge in [0.15, 0.2) is 5.65 Å². The standard InChI is InChI=1S/C7H9N5/c1-4-6-3-9-12(8)7(6)11-5(2)10-4/h3H,8H2,1-2H3. The van der Waals surface area contributed by atoms with Crippen molar-refractivity contribution in [2.45, 2.75) is 13.8 Å². The highest BCUT2D eigenvalue weighted by Gasteiger charge is 2.05. The minimum absolute atomic E-state index is 0.681. The molecule has 0 aromatic carbocycles. The zero-order valence-corrected chi connectivity index (χ0v) is 6.94. The molecule has 0 radical (unpaired) electrons. The first kappa shape index (κ1) is 7.02. The van der Waals surface area contributed by atoms with Gasteiger partial charge in [-0.25, -0.2) is 9.97 Å². The van der Waals surface area contributed by atoms with E-state index in [-0.39, 0.29) is 0 Å². The quantitative estimate of drug-likeness (QED) is 0.561. The lowest BCUT2D eigenvalue weighted by atomic mass is 10.3. The van der Waals surface area contributed by atoms with E-state index in [1.54, 1.807) is 6.20 Å². The predicted molar refractivity (Wildman–Crippen MR) is 44.9 cm³/mol. The largest absolute Gasteiger partial charge is 0.321 e. The highest BCUT2D eigenvalue weighted by Crippen LogP contribution is 2.11. The van der Waals surface area contributed by atoms with Gasteiger partial charge in [0.25, 0.3) is 0 Å². The highest BCUT2D eigenvalue weighted by molar-refractivity contribution is 5.76. The van der Waals surface area contributed by atoms with E-state index in [9.17, 15) is 0 Å². The number of nitrogens with two attached hydrogens (primary N) is 1. The normalized spacial score (nSPS) is 10.8. The molecule has 0 saturated heterocycles. The summed E-state index contributed by atoms with van der Waals surface area (Å²) in [6.07, 6.45) is 1.67. The topological polar surface area (TPSA) is 69.6 Å². The summed E-state index contributed by atoms with van der Waals surface area (Å²) in [6.45, 7) is 3.75. The Morgan fingerprint density at radius 2 is 2.08 bits per heavy atom. The first-order chi connectivity index (χ1) is 5.68. The maximum Gasteiger partial charge on any atom is 0.183 e. The number of nitrogen functional groups attached to an aromatic ring is 1. The smallest absolute Gasteiger partial charge is 0.183 e. The molecule has 0 aliphatic carbocycles. The molecule has 0 amide bonds. The molecule has 5 nitrogen and oxygen atoms in total. The first-order valence-electron chi connectivity index (χ1n) is 3.62. The van der Waals surface area contributed by atoms with Crippen LogP contribution in [0.5, 0.6) is 0 Å². The average molecular weight is 163 g/mol. The molecule has 0 bridgehead atoms. The molecule has 2 heterocycles. The van der Waals surface area contributed by atoms with E-state index in [0.717, 1.165) is 11.1 Å². The molecule has 2 aromatic heterocycles. The van der Waals surface area contributed by atoms with Crippen LogP contribution in [0.1, 0.15) is 11.5 Å². The van der Waals surface area contributed by atoms with Gasteiger partial charge in [-0.05, 0) is 13.8 Å². The zero-order chi connectivity index (χ0) is 8.72. The fourth-order valence-electron chi connectivity index (χ4n) is 1.20. The van der Waals surface area contributed by atoms with Crippen molar-refractivity contribution in [2.75, 3.05) is 5.84 Å². The van der Waals surface area contributed by atoms with Gasteiger partial charge in [-0.1, -0.05) is 0 Å². The van der Waals surface area contributed by atoms with Gasteiger partial charge in [0, 0.05) is 0 Å². The van der Waals surface area contributed by atoms with E-state index in [2.05, 4.69) is 15.1 Å². The molecule has 0 atom stereocenters. The Balaban J connectivity index is 2.92.